The third-order valence-corrected chi connectivity index (χ3v) is 3.69. The maximum Gasteiger partial charge on any atom is 0.287 e. The molecule has 0 fully saturated rings. The molecular weight excluding hydrogens is 323 g/mol. The van der Waals surface area contributed by atoms with Crippen molar-refractivity contribution in [3.8, 4) is 11.5 Å². The maximum atomic E-state index is 14.3. The predicted molar refractivity (Wildman–Crippen MR) is 89.8 cm³/mol. The lowest BCUT2D eigenvalue weighted by molar-refractivity contribution is 0.0926. The molecule has 1 aromatic carbocycles. The average molecular weight is 340 g/mol. The number of ether oxygens (including phenoxy) is 1. The van der Waals surface area contributed by atoms with Gasteiger partial charge in [0, 0.05) is 25.6 Å². The van der Waals surface area contributed by atoms with Gasteiger partial charge in [0.05, 0.1) is 12.2 Å². The first-order valence-electron chi connectivity index (χ1n) is 7.70. The molecule has 1 amide bonds. The van der Waals surface area contributed by atoms with E-state index >= 15 is 0 Å². The summed E-state index contributed by atoms with van der Waals surface area (Å²) in [7, 11) is 1.73. The lowest BCUT2D eigenvalue weighted by Gasteiger charge is -2.15. The highest BCUT2D eigenvalue weighted by atomic mass is 19.1. The van der Waals surface area contributed by atoms with Gasteiger partial charge >= 0.3 is 0 Å². The van der Waals surface area contributed by atoms with Crippen molar-refractivity contribution in [1.29, 1.82) is 0 Å². The molecule has 0 saturated carbocycles. The van der Waals surface area contributed by atoms with Crippen molar-refractivity contribution >= 4 is 5.91 Å². The number of hydrogen-bond acceptors (Lipinski definition) is 4. The lowest BCUT2D eigenvalue weighted by atomic mass is 10.1. The van der Waals surface area contributed by atoms with Gasteiger partial charge in [-0.15, -0.1) is 0 Å². The number of hydrogen-bond donors (Lipinski definition) is 1. The molecule has 1 atom stereocenters. The average Bonchev–Trinajstić information content (AvgIpc) is 3.03. The second kappa shape index (κ2) is 7.12. The summed E-state index contributed by atoms with van der Waals surface area (Å²) in [6.07, 6.45) is 6.34. The molecule has 0 bridgehead atoms. The van der Waals surface area contributed by atoms with Crippen molar-refractivity contribution in [2.45, 2.75) is 13.0 Å². The molecule has 0 aliphatic rings. The molecule has 1 N–H and O–H groups in total. The third-order valence-electron chi connectivity index (χ3n) is 3.69. The minimum absolute atomic E-state index is 0.0966. The van der Waals surface area contributed by atoms with Crippen LogP contribution in [0.15, 0.2) is 55.1 Å². The van der Waals surface area contributed by atoms with E-state index in [2.05, 4.69) is 15.3 Å². The van der Waals surface area contributed by atoms with Crippen molar-refractivity contribution in [2.24, 2.45) is 7.05 Å². The maximum absolute atomic E-state index is 14.3. The third kappa shape index (κ3) is 3.82. The smallest absolute Gasteiger partial charge is 0.287 e. The quantitative estimate of drug-likeness (QED) is 0.774. The van der Waals surface area contributed by atoms with E-state index in [1.165, 1.54) is 18.3 Å². The zero-order valence-corrected chi connectivity index (χ0v) is 13.8. The van der Waals surface area contributed by atoms with Gasteiger partial charge in [0.2, 0.25) is 0 Å². The largest absolute Gasteiger partial charge is 0.453 e. The number of benzene rings is 1. The summed E-state index contributed by atoms with van der Waals surface area (Å²) in [5.74, 6) is 0.00375. The molecule has 2 aromatic heterocycles. The van der Waals surface area contributed by atoms with E-state index in [1.54, 1.807) is 55.3 Å². The van der Waals surface area contributed by atoms with Crippen molar-refractivity contribution in [1.82, 2.24) is 19.9 Å². The number of aryl methyl sites for hydroxylation is 1. The number of carbonyl (C=O) groups is 1. The molecule has 7 heteroatoms. The van der Waals surface area contributed by atoms with E-state index < -0.39 is 5.82 Å². The number of rotatable bonds is 5. The number of aromatic nitrogens is 3. The molecule has 0 aliphatic heterocycles. The van der Waals surface area contributed by atoms with Crippen LogP contribution in [-0.2, 0) is 7.05 Å². The van der Waals surface area contributed by atoms with Crippen LogP contribution in [0.3, 0.4) is 0 Å². The Balaban J connectivity index is 1.71. The summed E-state index contributed by atoms with van der Waals surface area (Å²) in [6, 6.07) is 7.59. The van der Waals surface area contributed by atoms with Crippen LogP contribution >= 0.6 is 0 Å². The monoisotopic (exact) mass is 340 g/mol. The van der Waals surface area contributed by atoms with Gasteiger partial charge < -0.3 is 14.6 Å². The Morgan fingerprint density at radius 2 is 2.16 bits per heavy atom. The van der Waals surface area contributed by atoms with E-state index in [9.17, 15) is 9.18 Å². The summed E-state index contributed by atoms with van der Waals surface area (Å²) in [4.78, 5) is 20.1. The molecule has 0 spiro atoms. The first-order chi connectivity index (χ1) is 12.0. The Morgan fingerprint density at radius 3 is 2.80 bits per heavy atom. The molecule has 0 radical (unpaired) electrons. The number of imidazole rings is 1. The van der Waals surface area contributed by atoms with E-state index in [1.807, 2.05) is 0 Å². The fourth-order valence-corrected chi connectivity index (χ4v) is 2.33. The molecule has 128 valence electrons. The van der Waals surface area contributed by atoms with Gasteiger partial charge in [-0.05, 0) is 36.8 Å². The van der Waals surface area contributed by atoms with E-state index in [-0.39, 0.29) is 17.7 Å². The molecule has 0 saturated heterocycles. The van der Waals surface area contributed by atoms with Gasteiger partial charge in [0.1, 0.15) is 5.75 Å². The highest BCUT2D eigenvalue weighted by molar-refractivity contribution is 5.91. The first-order valence-corrected chi connectivity index (χ1v) is 7.70. The highest BCUT2D eigenvalue weighted by Gasteiger charge is 2.16. The standard InChI is InChI=1S/C18H17FN4O2/c1-12(22-18(24)17-21-8-9-23(17)2)13-5-6-16(15(19)10-13)25-14-4-3-7-20-11-14/h3-12H,1-2H3,(H,22,24). The molecular formula is C18H17FN4O2. The van der Waals surface area contributed by atoms with E-state index in [4.69, 9.17) is 4.74 Å². The zero-order chi connectivity index (χ0) is 17.8. The molecule has 1 unspecified atom stereocenters. The van der Waals surface area contributed by atoms with Crippen LogP contribution in [0.1, 0.15) is 29.1 Å². The second-order valence-corrected chi connectivity index (χ2v) is 5.54. The van der Waals surface area contributed by atoms with Crippen LogP contribution in [0, 0.1) is 5.82 Å². The number of carbonyl (C=O) groups excluding carboxylic acids is 1. The Hall–Kier alpha value is -3.22. The fraction of sp³-hybridized carbons (Fsp3) is 0.167. The van der Waals surface area contributed by atoms with Crippen LogP contribution in [0.25, 0.3) is 0 Å². The number of nitrogens with zero attached hydrogens (tertiary/aromatic N) is 3. The number of amides is 1. The minimum atomic E-state index is -0.514. The minimum Gasteiger partial charge on any atom is -0.453 e. The van der Waals surface area contributed by atoms with Gasteiger partial charge in [0.15, 0.2) is 17.4 Å². The van der Waals surface area contributed by atoms with E-state index in [0.717, 1.165) is 0 Å². The number of pyridine rings is 1. The van der Waals surface area contributed by atoms with Crippen LogP contribution in [0.5, 0.6) is 11.5 Å². The Bertz CT molecular complexity index is 880. The number of halogens is 1. The van der Waals surface area contributed by atoms with Crippen molar-refractivity contribution in [3.63, 3.8) is 0 Å². The van der Waals surface area contributed by atoms with Crippen LogP contribution < -0.4 is 10.1 Å². The second-order valence-electron chi connectivity index (χ2n) is 5.54. The van der Waals surface area contributed by atoms with Crippen molar-refractivity contribution < 1.29 is 13.9 Å². The summed E-state index contributed by atoms with van der Waals surface area (Å²) in [5, 5.41) is 2.80. The van der Waals surface area contributed by atoms with Crippen LogP contribution in [0.2, 0.25) is 0 Å². The van der Waals surface area contributed by atoms with Crippen molar-refractivity contribution in [2.75, 3.05) is 0 Å². The van der Waals surface area contributed by atoms with E-state index in [0.29, 0.717) is 17.1 Å². The van der Waals surface area contributed by atoms with Gasteiger partial charge in [-0.1, -0.05) is 6.07 Å². The van der Waals surface area contributed by atoms with Crippen LogP contribution in [-0.4, -0.2) is 20.4 Å². The molecule has 6 nitrogen and oxygen atoms in total. The van der Waals surface area contributed by atoms with Crippen molar-refractivity contribution in [3.05, 3.63) is 72.3 Å². The summed E-state index contributed by atoms with van der Waals surface area (Å²) >= 11 is 0. The lowest BCUT2D eigenvalue weighted by Crippen LogP contribution is -2.29. The normalized spacial score (nSPS) is 11.8. The predicted octanol–water partition coefficient (Wildman–Crippen LogP) is 3.24. The Morgan fingerprint density at radius 1 is 1.32 bits per heavy atom. The molecule has 25 heavy (non-hydrogen) atoms. The summed E-state index contributed by atoms with van der Waals surface area (Å²) in [6.45, 7) is 1.78. The molecule has 0 aliphatic carbocycles. The Kier molecular flexibility index (Phi) is 4.74. The van der Waals surface area contributed by atoms with Gasteiger partial charge in [-0.25, -0.2) is 9.37 Å². The van der Waals surface area contributed by atoms with Crippen LogP contribution in [0.4, 0.5) is 4.39 Å². The topological polar surface area (TPSA) is 69.0 Å². The fourth-order valence-electron chi connectivity index (χ4n) is 2.33. The Labute approximate surface area is 144 Å². The van der Waals surface area contributed by atoms with Gasteiger partial charge in [-0.3, -0.25) is 9.78 Å². The zero-order valence-electron chi connectivity index (χ0n) is 13.8. The first kappa shape index (κ1) is 16.6. The molecule has 3 rings (SSSR count). The SMILES string of the molecule is CC(NC(=O)c1nccn1C)c1ccc(Oc2cccnc2)c(F)c1. The summed E-state index contributed by atoms with van der Waals surface area (Å²) in [5.41, 5.74) is 0.624. The molecule has 2 heterocycles. The highest BCUT2D eigenvalue weighted by Crippen LogP contribution is 2.26. The summed E-state index contributed by atoms with van der Waals surface area (Å²) < 4.78 is 21.4. The molecule has 3 aromatic rings. The van der Waals surface area contributed by atoms with Gasteiger partial charge in [-0.2, -0.15) is 0 Å². The number of nitrogens with one attached hydrogen (secondary N) is 1. The van der Waals surface area contributed by atoms with Gasteiger partial charge in [0.25, 0.3) is 5.91 Å².